The fraction of sp³-hybridized carbons (Fsp3) is 0.692. The van der Waals surface area contributed by atoms with E-state index in [9.17, 15) is 14.7 Å². The van der Waals surface area contributed by atoms with Gasteiger partial charge in [0.1, 0.15) is 5.82 Å². The fourth-order valence-corrected chi connectivity index (χ4v) is 2.61. The molecule has 1 aliphatic rings. The zero-order valence-electron chi connectivity index (χ0n) is 12.3. The third-order valence-electron chi connectivity index (χ3n) is 3.76. The first-order valence-electron chi connectivity index (χ1n) is 7.09. The van der Waals surface area contributed by atoms with Gasteiger partial charge in [0, 0.05) is 13.1 Å². The number of amides is 2. The Kier molecular flexibility index (Phi) is 4.77. The molecule has 1 aliphatic carbocycles. The van der Waals surface area contributed by atoms with E-state index in [0.29, 0.717) is 24.5 Å². The molecule has 21 heavy (non-hydrogen) atoms. The van der Waals surface area contributed by atoms with Crippen molar-refractivity contribution in [2.75, 3.05) is 7.05 Å². The molecule has 2 atom stereocenters. The summed E-state index contributed by atoms with van der Waals surface area (Å²) < 4.78 is 0. The first-order chi connectivity index (χ1) is 9.97. The van der Waals surface area contributed by atoms with E-state index in [0.717, 1.165) is 12.8 Å². The van der Waals surface area contributed by atoms with Crippen LogP contribution in [0.1, 0.15) is 37.3 Å². The number of carboxylic acids is 1. The number of aromatic nitrogens is 3. The summed E-state index contributed by atoms with van der Waals surface area (Å²) in [5, 5.41) is 18.7. The first kappa shape index (κ1) is 15.3. The molecule has 0 bridgehead atoms. The van der Waals surface area contributed by atoms with E-state index < -0.39 is 11.9 Å². The van der Waals surface area contributed by atoms with E-state index in [1.807, 2.05) is 0 Å². The fourth-order valence-electron chi connectivity index (χ4n) is 2.61. The van der Waals surface area contributed by atoms with Crippen molar-refractivity contribution in [3.05, 3.63) is 11.6 Å². The number of H-pyrrole nitrogens is 1. The van der Waals surface area contributed by atoms with Gasteiger partial charge in [-0.3, -0.25) is 9.89 Å². The molecule has 2 amide bonds. The molecule has 2 rings (SSSR count). The molecule has 8 nitrogen and oxygen atoms in total. The average Bonchev–Trinajstić information content (AvgIpc) is 2.84. The van der Waals surface area contributed by atoms with Gasteiger partial charge in [0.25, 0.3) is 0 Å². The Morgan fingerprint density at radius 3 is 2.76 bits per heavy atom. The molecule has 1 heterocycles. The lowest BCUT2D eigenvalue weighted by Crippen LogP contribution is -2.49. The molecule has 0 aliphatic heterocycles. The molecule has 0 radical (unpaired) electrons. The number of aliphatic carboxylic acids is 1. The smallest absolute Gasteiger partial charge is 0.317 e. The summed E-state index contributed by atoms with van der Waals surface area (Å²) in [6.07, 6.45) is 3.16. The van der Waals surface area contributed by atoms with E-state index in [2.05, 4.69) is 20.5 Å². The quantitative estimate of drug-likeness (QED) is 0.764. The summed E-state index contributed by atoms with van der Waals surface area (Å²) in [6.45, 7) is 2.07. The van der Waals surface area contributed by atoms with Gasteiger partial charge in [-0.2, -0.15) is 5.10 Å². The average molecular weight is 295 g/mol. The van der Waals surface area contributed by atoms with Crippen LogP contribution in [0, 0.1) is 12.8 Å². The molecular weight excluding hydrogens is 274 g/mol. The van der Waals surface area contributed by atoms with Crippen LogP contribution < -0.4 is 5.32 Å². The van der Waals surface area contributed by atoms with Crippen molar-refractivity contribution in [3.63, 3.8) is 0 Å². The van der Waals surface area contributed by atoms with Crippen LogP contribution in [0.25, 0.3) is 0 Å². The Labute approximate surface area is 122 Å². The predicted molar refractivity (Wildman–Crippen MR) is 74.5 cm³/mol. The zero-order chi connectivity index (χ0) is 15.4. The van der Waals surface area contributed by atoms with E-state index in [1.165, 1.54) is 4.90 Å². The molecule has 1 aromatic heterocycles. The Balaban J connectivity index is 1.91. The number of rotatable bonds is 4. The van der Waals surface area contributed by atoms with Crippen molar-refractivity contribution < 1.29 is 14.7 Å². The van der Waals surface area contributed by atoms with E-state index in [1.54, 1.807) is 14.0 Å². The number of nitrogens with one attached hydrogen (secondary N) is 2. The van der Waals surface area contributed by atoms with Crippen molar-refractivity contribution in [3.8, 4) is 0 Å². The molecule has 116 valence electrons. The second-order valence-corrected chi connectivity index (χ2v) is 5.48. The maximum absolute atomic E-state index is 12.1. The summed E-state index contributed by atoms with van der Waals surface area (Å²) in [5.74, 6) is -0.116. The maximum Gasteiger partial charge on any atom is 0.317 e. The molecule has 2 unspecified atom stereocenters. The minimum Gasteiger partial charge on any atom is -0.481 e. The Morgan fingerprint density at radius 1 is 1.43 bits per heavy atom. The Bertz CT molecular complexity index is 516. The summed E-state index contributed by atoms with van der Waals surface area (Å²) in [4.78, 5) is 29.0. The number of hydrogen-bond donors (Lipinski definition) is 3. The van der Waals surface area contributed by atoms with Crippen LogP contribution in [0.4, 0.5) is 4.79 Å². The van der Waals surface area contributed by atoms with Gasteiger partial charge >= 0.3 is 12.0 Å². The van der Waals surface area contributed by atoms with Crippen LogP contribution in [0.2, 0.25) is 0 Å². The summed E-state index contributed by atoms with van der Waals surface area (Å²) >= 11 is 0. The lowest BCUT2D eigenvalue weighted by Gasteiger charge is -2.30. The van der Waals surface area contributed by atoms with Crippen LogP contribution in [0.5, 0.6) is 0 Å². The summed E-state index contributed by atoms with van der Waals surface area (Å²) in [7, 11) is 1.64. The minimum atomic E-state index is -0.841. The van der Waals surface area contributed by atoms with Crippen LogP contribution in [0.15, 0.2) is 0 Å². The molecule has 8 heteroatoms. The molecule has 1 fully saturated rings. The highest BCUT2D eigenvalue weighted by atomic mass is 16.4. The summed E-state index contributed by atoms with van der Waals surface area (Å²) in [5.41, 5.74) is 0. The second-order valence-electron chi connectivity index (χ2n) is 5.48. The number of nitrogens with zero attached hydrogens (tertiary/aromatic N) is 3. The number of aromatic amines is 1. The van der Waals surface area contributed by atoms with Crippen molar-refractivity contribution in [1.29, 1.82) is 0 Å². The van der Waals surface area contributed by atoms with E-state index in [-0.39, 0.29) is 18.6 Å². The minimum absolute atomic E-state index is 0.278. The molecule has 1 aromatic rings. The van der Waals surface area contributed by atoms with Gasteiger partial charge in [-0.05, 0) is 19.8 Å². The van der Waals surface area contributed by atoms with Crippen LogP contribution >= 0.6 is 0 Å². The molecule has 0 spiro atoms. The normalized spacial score (nSPS) is 21.8. The van der Waals surface area contributed by atoms with Crippen LogP contribution in [-0.4, -0.2) is 50.3 Å². The highest BCUT2D eigenvalue weighted by molar-refractivity contribution is 5.76. The van der Waals surface area contributed by atoms with Crippen molar-refractivity contribution >= 4 is 12.0 Å². The van der Waals surface area contributed by atoms with Gasteiger partial charge in [0.2, 0.25) is 0 Å². The SMILES string of the molecule is Cc1nc(CN(C)C(=O)NC2CCCCC2C(=O)O)n[nH]1. The van der Waals surface area contributed by atoms with Crippen molar-refractivity contribution in [1.82, 2.24) is 25.4 Å². The monoisotopic (exact) mass is 295 g/mol. The third-order valence-corrected chi connectivity index (χ3v) is 3.76. The van der Waals surface area contributed by atoms with Crippen LogP contribution in [0.3, 0.4) is 0 Å². The third kappa shape index (κ3) is 3.93. The topological polar surface area (TPSA) is 111 Å². The van der Waals surface area contributed by atoms with Gasteiger partial charge in [-0.1, -0.05) is 12.8 Å². The van der Waals surface area contributed by atoms with Gasteiger partial charge in [0.05, 0.1) is 12.5 Å². The second kappa shape index (κ2) is 6.55. The maximum atomic E-state index is 12.1. The number of carbonyl (C=O) groups excluding carboxylic acids is 1. The van der Waals surface area contributed by atoms with Crippen molar-refractivity contribution in [2.45, 2.75) is 45.2 Å². The highest BCUT2D eigenvalue weighted by Crippen LogP contribution is 2.24. The number of urea groups is 1. The molecular formula is C13H21N5O3. The Morgan fingerprint density at radius 2 is 2.14 bits per heavy atom. The predicted octanol–water partition coefficient (Wildman–Crippen LogP) is 0.898. The first-order valence-corrected chi connectivity index (χ1v) is 7.09. The lowest BCUT2D eigenvalue weighted by atomic mass is 9.84. The molecule has 0 aromatic carbocycles. The molecule has 0 saturated heterocycles. The number of aryl methyl sites for hydroxylation is 1. The summed E-state index contributed by atoms with van der Waals surface area (Å²) in [6, 6.07) is -0.601. The van der Waals surface area contributed by atoms with Crippen molar-refractivity contribution in [2.24, 2.45) is 5.92 Å². The number of carbonyl (C=O) groups is 2. The largest absolute Gasteiger partial charge is 0.481 e. The van der Waals surface area contributed by atoms with Gasteiger partial charge in [-0.15, -0.1) is 0 Å². The number of hydrogen-bond acceptors (Lipinski definition) is 4. The zero-order valence-corrected chi connectivity index (χ0v) is 12.3. The molecule has 1 saturated carbocycles. The van der Waals surface area contributed by atoms with E-state index in [4.69, 9.17) is 0 Å². The molecule has 3 N–H and O–H groups in total. The van der Waals surface area contributed by atoms with E-state index >= 15 is 0 Å². The van der Waals surface area contributed by atoms with Crippen LogP contribution in [-0.2, 0) is 11.3 Å². The van der Waals surface area contributed by atoms with Gasteiger partial charge < -0.3 is 15.3 Å². The highest BCUT2D eigenvalue weighted by Gasteiger charge is 2.32. The number of carboxylic acid groups (broad SMARTS) is 1. The standard InChI is InChI=1S/C13H21N5O3/c1-8-14-11(17-16-8)7-18(2)13(21)15-10-6-4-3-5-9(10)12(19)20/h9-10H,3-7H2,1-2H3,(H,15,21)(H,19,20)(H,14,16,17). The Hall–Kier alpha value is -2.12. The van der Waals surface area contributed by atoms with Gasteiger partial charge in [0.15, 0.2) is 5.82 Å². The van der Waals surface area contributed by atoms with Gasteiger partial charge in [-0.25, -0.2) is 9.78 Å². The lowest BCUT2D eigenvalue weighted by molar-refractivity contribution is -0.143.